The maximum Gasteiger partial charge on any atom is 0.277 e. The molecule has 8 nitrogen and oxygen atoms in total. The van der Waals surface area contributed by atoms with Crippen LogP contribution in [0, 0.1) is 13.8 Å². The molecule has 0 radical (unpaired) electrons. The van der Waals surface area contributed by atoms with Gasteiger partial charge in [-0.15, -0.1) is 11.3 Å². The molecule has 1 amide bonds. The Bertz CT molecular complexity index is 1340. The molecule has 0 aliphatic rings. The standard InChI is InChI=1S/C25H27N5O3S/c1-4-12-29-17(2)15-20(18(29)3)22-16-34-25(26-22)27-24(32)21-10-11-23(31)30(28-21)13-14-33-19-8-6-5-7-9-19/h5-11,15-16H,4,12-14H2,1-3H3,(H,26,27,32). The first kappa shape index (κ1) is 23.4. The molecule has 0 saturated heterocycles. The van der Waals surface area contributed by atoms with E-state index in [4.69, 9.17) is 4.74 Å². The number of amides is 1. The van der Waals surface area contributed by atoms with E-state index in [0.29, 0.717) is 10.9 Å². The third kappa shape index (κ3) is 5.26. The molecule has 4 rings (SSSR count). The third-order valence-electron chi connectivity index (χ3n) is 5.44. The second-order valence-electron chi connectivity index (χ2n) is 7.87. The van der Waals surface area contributed by atoms with Gasteiger partial charge in [-0.1, -0.05) is 25.1 Å². The summed E-state index contributed by atoms with van der Waals surface area (Å²) in [6.07, 6.45) is 1.06. The molecule has 0 aliphatic carbocycles. The summed E-state index contributed by atoms with van der Waals surface area (Å²) in [6, 6.07) is 14.2. The summed E-state index contributed by atoms with van der Waals surface area (Å²) in [7, 11) is 0. The highest BCUT2D eigenvalue weighted by molar-refractivity contribution is 7.14. The van der Waals surface area contributed by atoms with E-state index < -0.39 is 5.91 Å². The lowest BCUT2D eigenvalue weighted by molar-refractivity contribution is 0.101. The van der Waals surface area contributed by atoms with Crippen LogP contribution in [-0.2, 0) is 13.1 Å². The van der Waals surface area contributed by atoms with Crippen molar-refractivity contribution in [1.82, 2.24) is 19.3 Å². The third-order valence-corrected chi connectivity index (χ3v) is 6.19. The number of anilines is 1. The van der Waals surface area contributed by atoms with Crippen LogP contribution < -0.4 is 15.6 Å². The first-order valence-electron chi connectivity index (χ1n) is 11.2. The van der Waals surface area contributed by atoms with Crippen LogP contribution in [0.2, 0.25) is 0 Å². The van der Waals surface area contributed by atoms with Gasteiger partial charge in [-0.05, 0) is 44.5 Å². The largest absolute Gasteiger partial charge is 0.492 e. The number of aromatic nitrogens is 4. The monoisotopic (exact) mass is 477 g/mol. The molecule has 1 N–H and O–H groups in total. The van der Waals surface area contributed by atoms with Gasteiger partial charge in [0.15, 0.2) is 5.13 Å². The number of thiazole rings is 1. The Kier molecular flexibility index (Phi) is 7.22. The number of hydrogen-bond donors (Lipinski definition) is 1. The summed E-state index contributed by atoms with van der Waals surface area (Å²) >= 11 is 1.35. The normalized spacial score (nSPS) is 10.9. The molecule has 9 heteroatoms. The highest BCUT2D eigenvalue weighted by Gasteiger charge is 2.16. The Morgan fingerprint density at radius 1 is 1.12 bits per heavy atom. The molecule has 1 aromatic carbocycles. The van der Waals surface area contributed by atoms with E-state index in [1.165, 1.54) is 33.8 Å². The van der Waals surface area contributed by atoms with E-state index in [9.17, 15) is 9.59 Å². The Morgan fingerprint density at radius 2 is 1.91 bits per heavy atom. The van der Waals surface area contributed by atoms with E-state index >= 15 is 0 Å². The number of para-hydroxylation sites is 1. The molecule has 0 spiro atoms. The van der Waals surface area contributed by atoms with Gasteiger partial charge in [0, 0.05) is 34.9 Å². The molecule has 4 aromatic rings. The van der Waals surface area contributed by atoms with Crippen molar-refractivity contribution in [2.45, 2.75) is 40.3 Å². The quantitative estimate of drug-likeness (QED) is 0.383. The molecule has 3 heterocycles. The first-order valence-corrected chi connectivity index (χ1v) is 12.0. The number of carbonyl (C=O) groups excluding carboxylic acids is 1. The van der Waals surface area contributed by atoms with Crippen LogP contribution in [0.25, 0.3) is 11.3 Å². The zero-order valence-electron chi connectivity index (χ0n) is 19.4. The minimum absolute atomic E-state index is 0.136. The highest BCUT2D eigenvalue weighted by Crippen LogP contribution is 2.30. The number of aryl methyl sites for hydroxylation is 1. The first-order chi connectivity index (χ1) is 16.5. The van der Waals surface area contributed by atoms with Crippen molar-refractivity contribution < 1.29 is 9.53 Å². The second-order valence-corrected chi connectivity index (χ2v) is 8.73. The van der Waals surface area contributed by atoms with Crippen LogP contribution in [0.4, 0.5) is 5.13 Å². The summed E-state index contributed by atoms with van der Waals surface area (Å²) in [5.41, 5.74) is 4.08. The lowest BCUT2D eigenvalue weighted by atomic mass is 10.2. The van der Waals surface area contributed by atoms with Gasteiger partial charge in [0.2, 0.25) is 0 Å². The van der Waals surface area contributed by atoms with Gasteiger partial charge in [0.1, 0.15) is 18.1 Å². The van der Waals surface area contributed by atoms with Gasteiger partial charge in [0.25, 0.3) is 11.5 Å². The maximum absolute atomic E-state index is 12.8. The molecule has 0 saturated carbocycles. The summed E-state index contributed by atoms with van der Waals surface area (Å²) in [5.74, 6) is 0.287. The average molecular weight is 478 g/mol. The lowest BCUT2D eigenvalue weighted by Gasteiger charge is -2.08. The van der Waals surface area contributed by atoms with E-state index in [1.54, 1.807) is 0 Å². The molecule has 3 aromatic heterocycles. The maximum atomic E-state index is 12.8. The molecule has 0 fully saturated rings. The van der Waals surface area contributed by atoms with Gasteiger partial charge < -0.3 is 9.30 Å². The van der Waals surface area contributed by atoms with E-state index in [-0.39, 0.29) is 24.4 Å². The zero-order chi connectivity index (χ0) is 24.1. The molecule has 0 bridgehead atoms. The number of ether oxygens (including phenoxy) is 1. The number of nitrogens with zero attached hydrogens (tertiary/aromatic N) is 4. The SMILES string of the molecule is CCCn1c(C)cc(-c2csc(NC(=O)c3ccc(=O)n(CCOc4ccccc4)n3)n2)c1C. The molecule has 34 heavy (non-hydrogen) atoms. The predicted molar refractivity (Wildman–Crippen MR) is 134 cm³/mol. The molecular formula is C25H27N5O3S. The Balaban J connectivity index is 1.43. The van der Waals surface area contributed by atoms with Crippen molar-refractivity contribution in [1.29, 1.82) is 0 Å². The fraction of sp³-hybridized carbons (Fsp3) is 0.280. The van der Waals surface area contributed by atoms with Gasteiger partial charge >= 0.3 is 0 Å². The lowest BCUT2D eigenvalue weighted by Crippen LogP contribution is -2.28. The summed E-state index contributed by atoms with van der Waals surface area (Å²) in [6.45, 7) is 7.78. The van der Waals surface area contributed by atoms with Crippen molar-refractivity contribution >= 4 is 22.4 Å². The van der Waals surface area contributed by atoms with E-state index in [2.05, 4.69) is 46.8 Å². The minimum atomic E-state index is -0.421. The Morgan fingerprint density at radius 3 is 2.68 bits per heavy atom. The van der Waals surface area contributed by atoms with Crippen LogP contribution in [-0.4, -0.2) is 31.8 Å². The van der Waals surface area contributed by atoms with Gasteiger partial charge in [-0.3, -0.25) is 14.9 Å². The van der Waals surface area contributed by atoms with Crippen molar-refractivity contribution in [3.05, 3.63) is 81.3 Å². The fourth-order valence-electron chi connectivity index (χ4n) is 3.74. The summed E-state index contributed by atoms with van der Waals surface area (Å²) in [4.78, 5) is 29.5. The fourth-order valence-corrected chi connectivity index (χ4v) is 4.45. The van der Waals surface area contributed by atoms with Crippen molar-refractivity contribution in [3.8, 4) is 17.0 Å². The van der Waals surface area contributed by atoms with Gasteiger partial charge in [-0.2, -0.15) is 5.10 Å². The molecular weight excluding hydrogens is 450 g/mol. The average Bonchev–Trinajstić information content (AvgIpc) is 3.40. The van der Waals surface area contributed by atoms with Gasteiger partial charge in [-0.25, -0.2) is 9.67 Å². The van der Waals surface area contributed by atoms with Crippen molar-refractivity contribution in [3.63, 3.8) is 0 Å². The number of rotatable bonds is 9. The van der Waals surface area contributed by atoms with Crippen LogP contribution >= 0.6 is 11.3 Å². The van der Waals surface area contributed by atoms with Crippen molar-refractivity contribution in [2.75, 3.05) is 11.9 Å². The number of carbonyl (C=O) groups is 1. The molecule has 0 aliphatic heterocycles. The van der Waals surface area contributed by atoms with Crippen LogP contribution in [0.3, 0.4) is 0 Å². The minimum Gasteiger partial charge on any atom is -0.492 e. The Labute approximate surface area is 201 Å². The van der Waals surface area contributed by atoms with E-state index in [1.807, 2.05) is 35.7 Å². The second kappa shape index (κ2) is 10.5. The number of benzene rings is 1. The van der Waals surface area contributed by atoms with Crippen LogP contribution in [0.5, 0.6) is 5.75 Å². The topological polar surface area (TPSA) is 91.0 Å². The van der Waals surface area contributed by atoms with Gasteiger partial charge in [0.05, 0.1) is 12.2 Å². The number of nitrogens with one attached hydrogen (secondary N) is 1. The predicted octanol–water partition coefficient (Wildman–Crippen LogP) is 4.53. The molecule has 176 valence electrons. The van der Waals surface area contributed by atoms with Crippen LogP contribution in [0.15, 0.2) is 58.7 Å². The molecule has 0 atom stereocenters. The zero-order valence-corrected chi connectivity index (χ0v) is 20.3. The highest BCUT2D eigenvalue weighted by atomic mass is 32.1. The van der Waals surface area contributed by atoms with E-state index in [0.717, 1.165) is 29.9 Å². The van der Waals surface area contributed by atoms with Crippen LogP contribution in [0.1, 0.15) is 35.2 Å². The number of hydrogen-bond acceptors (Lipinski definition) is 6. The molecule has 0 unspecified atom stereocenters. The summed E-state index contributed by atoms with van der Waals surface area (Å²) < 4.78 is 9.14. The van der Waals surface area contributed by atoms with Crippen molar-refractivity contribution in [2.24, 2.45) is 0 Å². The Hall–Kier alpha value is -3.72. The smallest absolute Gasteiger partial charge is 0.277 e. The summed E-state index contributed by atoms with van der Waals surface area (Å²) in [5, 5.41) is 9.41.